The van der Waals surface area contributed by atoms with Crippen LogP contribution in [0.1, 0.15) is 40.0 Å². The molecule has 2 rings (SSSR count). The first-order valence-corrected chi connectivity index (χ1v) is 7.14. The molecular weight excluding hydrogens is 262 g/mol. The molecule has 0 amide bonds. The van der Waals surface area contributed by atoms with Crippen LogP contribution in [0.15, 0.2) is 6.33 Å². The number of unbranched alkanes of at least 4 members (excludes halogenated alkanes) is 2. The molecule has 2 heterocycles. The van der Waals surface area contributed by atoms with Crippen LogP contribution in [0.4, 0.5) is 5.82 Å². The lowest BCUT2D eigenvalue weighted by atomic mass is 10.2. The standard InChI is InChI=1S/C13H20ClN5/c1-4-5-6-7-19(9(2)3)12-10-11(16-8-15-10)17-13(14)18-12/h8-9H,4-7H2,1-3H3,(H,15,16,17,18). The van der Waals surface area contributed by atoms with E-state index in [-0.39, 0.29) is 5.28 Å². The molecule has 0 aromatic carbocycles. The van der Waals surface area contributed by atoms with E-state index >= 15 is 0 Å². The van der Waals surface area contributed by atoms with Crippen molar-refractivity contribution in [2.24, 2.45) is 0 Å². The number of hydrogen-bond donors (Lipinski definition) is 1. The van der Waals surface area contributed by atoms with Gasteiger partial charge >= 0.3 is 0 Å². The molecule has 104 valence electrons. The van der Waals surface area contributed by atoms with Crippen molar-refractivity contribution in [2.75, 3.05) is 11.4 Å². The van der Waals surface area contributed by atoms with E-state index in [2.05, 4.69) is 45.6 Å². The zero-order valence-electron chi connectivity index (χ0n) is 11.6. The molecule has 0 atom stereocenters. The van der Waals surface area contributed by atoms with Gasteiger partial charge in [-0.05, 0) is 31.9 Å². The molecule has 0 saturated heterocycles. The topological polar surface area (TPSA) is 57.7 Å². The molecule has 0 saturated carbocycles. The third-order valence-corrected chi connectivity index (χ3v) is 3.31. The molecule has 0 unspecified atom stereocenters. The molecule has 19 heavy (non-hydrogen) atoms. The van der Waals surface area contributed by atoms with E-state index in [0.29, 0.717) is 11.7 Å². The molecule has 5 nitrogen and oxygen atoms in total. The molecule has 0 aliphatic heterocycles. The number of halogens is 1. The lowest BCUT2D eigenvalue weighted by Gasteiger charge is -2.28. The Bertz CT molecular complexity index is 537. The molecule has 0 bridgehead atoms. The van der Waals surface area contributed by atoms with Crippen LogP contribution in [0, 0.1) is 0 Å². The number of nitrogens with zero attached hydrogens (tertiary/aromatic N) is 4. The maximum absolute atomic E-state index is 5.99. The number of nitrogens with one attached hydrogen (secondary N) is 1. The number of hydrogen-bond acceptors (Lipinski definition) is 4. The Hall–Kier alpha value is -1.36. The van der Waals surface area contributed by atoms with Gasteiger partial charge in [0.05, 0.1) is 6.33 Å². The van der Waals surface area contributed by atoms with Crippen molar-refractivity contribution in [2.45, 2.75) is 46.1 Å². The molecule has 0 spiro atoms. The zero-order valence-corrected chi connectivity index (χ0v) is 12.4. The van der Waals surface area contributed by atoms with Gasteiger partial charge < -0.3 is 9.88 Å². The van der Waals surface area contributed by atoms with E-state index in [1.54, 1.807) is 6.33 Å². The van der Waals surface area contributed by atoms with E-state index < -0.39 is 0 Å². The third kappa shape index (κ3) is 3.15. The molecule has 6 heteroatoms. The summed E-state index contributed by atoms with van der Waals surface area (Å²) in [5.41, 5.74) is 1.48. The lowest BCUT2D eigenvalue weighted by Crippen LogP contribution is -2.32. The molecule has 0 aliphatic rings. The molecular formula is C13H20ClN5. The minimum Gasteiger partial charge on any atom is -0.352 e. The minimum atomic E-state index is 0.246. The van der Waals surface area contributed by atoms with E-state index in [1.165, 1.54) is 12.8 Å². The van der Waals surface area contributed by atoms with Crippen molar-refractivity contribution in [3.8, 4) is 0 Å². The minimum absolute atomic E-state index is 0.246. The summed E-state index contributed by atoms with van der Waals surface area (Å²) in [7, 11) is 0. The first-order valence-electron chi connectivity index (χ1n) is 6.76. The van der Waals surface area contributed by atoms with Gasteiger partial charge in [0.1, 0.15) is 5.52 Å². The highest BCUT2D eigenvalue weighted by Crippen LogP contribution is 2.24. The third-order valence-electron chi connectivity index (χ3n) is 3.14. The van der Waals surface area contributed by atoms with E-state index in [0.717, 1.165) is 24.3 Å². The van der Waals surface area contributed by atoms with Crippen LogP contribution in [-0.4, -0.2) is 32.5 Å². The predicted molar refractivity (Wildman–Crippen MR) is 78.7 cm³/mol. The average Bonchev–Trinajstić information content (AvgIpc) is 2.81. The van der Waals surface area contributed by atoms with Crippen molar-refractivity contribution in [3.63, 3.8) is 0 Å². The summed E-state index contributed by atoms with van der Waals surface area (Å²) < 4.78 is 0. The summed E-state index contributed by atoms with van der Waals surface area (Å²) in [5, 5.41) is 0.246. The van der Waals surface area contributed by atoms with Crippen LogP contribution >= 0.6 is 11.6 Å². The maximum atomic E-state index is 5.99. The fourth-order valence-corrected chi connectivity index (χ4v) is 2.30. The van der Waals surface area contributed by atoms with E-state index in [1.807, 2.05) is 0 Å². The second kappa shape index (κ2) is 6.19. The van der Waals surface area contributed by atoms with Crippen LogP contribution in [0.5, 0.6) is 0 Å². The smallest absolute Gasteiger partial charge is 0.226 e. The summed E-state index contributed by atoms with van der Waals surface area (Å²) in [4.78, 5) is 18.0. The Balaban J connectivity index is 2.35. The highest BCUT2D eigenvalue weighted by Gasteiger charge is 2.17. The summed E-state index contributed by atoms with van der Waals surface area (Å²) in [5.74, 6) is 0.846. The molecule has 0 radical (unpaired) electrons. The Morgan fingerprint density at radius 1 is 1.32 bits per heavy atom. The zero-order chi connectivity index (χ0) is 13.8. The van der Waals surface area contributed by atoms with Gasteiger partial charge in [-0.25, -0.2) is 4.98 Å². The van der Waals surface area contributed by atoms with Crippen LogP contribution in [0.25, 0.3) is 11.2 Å². The number of rotatable bonds is 6. The second-order valence-electron chi connectivity index (χ2n) is 4.91. The first kappa shape index (κ1) is 14.1. The Labute approximate surface area is 118 Å². The van der Waals surface area contributed by atoms with Crippen molar-refractivity contribution in [1.29, 1.82) is 0 Å². The van der Waals surface area contributed by atoms with Crippen LogP contribution < -0.4 is 4.90 Å². The fourth-order valence-electron chi connectivity index (χ4n) is 2.14. The summed E-state index contributed by atoms with van der Waals surface area (Å²) in [6, 6.07) is 0.356. The maximum Gasteiger partial charge on any atom is 0.226 e. The van der Waals surface area contributed by atoms with Gasteiger partial charge in [-0.15, -0.1) is 0 Å². The van der Waals surface area contributed by atoms with Crippen LogP contribution in [-0.2, 0) is 0 Å². The van der Waals surface area contributed by atoms with Gasteiger partial charge in [0.15, 0.2) is 11.5 Å². The highest BCUT2D eigenvalue weighted by atomic mass is 35.5. The molecule has 2 aromatic rings. The lowest BCUT2D eigenvalue weighted by molar-refractivity contribution is 0.621. The van der Waals surface area contributed by atoms with Gasteiger partial charge in [-0.3, -0.25) is 0 Å². The monoisotopic (exact) mass is 281 g/mol. The van der Waals surface area contributed by atoms with Gasteiger partial charge in [0.25, 0.3) is 0 Å². The largest absolute Gasteiger partial charge is 0.352 e. The molecule has 0 aliphatic carbocycles. The quantitative estimate of drug-likeness (QED) is 0.651. The van der Waals surface area contributed by atoms with E-state index in [9.17, 15) is 0 Å². The number of anilines is 1. The van der Waals surface area contributed by atoms with Crippen molar-refractivity contribution < 1.29 is 0 Å². The Kier molecular flexibility index (Phi) is 4.58. The van der Waals surface area contributed by atoms with Crippen LogP contribution in [0.3, 0.4) is 0 Å². The van der Waals surface area contributed by atoms with Crippen molar-refractivity contribution in [1.82, 2.24) is 19.9 Å². The van der Waals surface area contributed by atoms with Crippen molar-refractivity contribution >= 4 is 28.6 Å². The average molecular weight is 282 g/mol. The highest BCUT2D eigenvalue weighted by molar-refractivity contribution is 6.28. The summed E-state index contributed by atoms with van der Waals surface area (Å²) in [6.45, 7) is 7.48. The Morgan fingerprint density at radius 3 is 2.79 bits per heavy atom. The first-order chi connectivity index (χ1) is 9.13. The number of imidazole rings is 1. The Morgan fingerprint density at radius 2 is 2.11 bits per heavy atom. The normalized spacial score (nSPS) is 11.4. The van der Waals surface area contributed by atoms with E-state index in [4.69, 9.17) is 11.6 Å². The van der Waals surface area contributed by atoms with Gasteiger partial charge in [0, 0.05) is 12.6 Å². The predicted octanol–water partition coefficient (Wildman–Crippen LogP) is 3.41. The summed E-state index contributed by atoms with van der Waals surface area (Å²) in [6.07, 6.45) is 5.19. The number of H-pyrrole nitrogens is 1. The van der Waals surface area contributed by atoms with Crippen molar-refractivity contribution in [3.05, 3.63) is 11.6 Å². The SMILES string of the molecule is CCCCCN(c1nc(Cl)nc2nc[nH]c12)C(C)C. The van der Waals surface area contributed by atoms with Gasteiger partial charge in [0.2, 0.25) is 5.28 Å². The molecule has 1 N–H and O–H groups in total. The fraction of sp³-hybridized carbons (Fsp3) is 0.615. The second-order valence-corrected chi connectivity index (χ2v) is 5.25. The summed E-state index contributed by atoms with van der Waals surface area (Å²) >= 11 is 5.99. The molecule has 2 aromatic heterocycles. The molecule has 0 fully saturated rings. The number of aromatic nitrogens is 4. The number of fused-ring (bicyclic) bond motifs is 1. The van der Waals surface area contributed by atoms with Crippen LogP contribution in [0.2, 0.25) is 5.28 Å². The van der Waals surface area contributed by atoms with Gasteiger partial charge in [-0.2, -0.15) is 9.97 Å². The number of aromatic amines is 1. The van der Waals surface area contributed by atoms with Gasteiger partial charge in [-0.1, -0.05) is 19.8 Å².